The highest BCUT2D eigenvalue weighted by Crippen LogP contribution is 2.37. The van der Waals surface area contributed by atoms with E-state index in [1.165, 1.54) is 66.0 Å². The second-order valence-electron chi connectivity index (χ2n) is 9.92. The van der Waals surface area contributed by atoms with Gasteiger partial charge in [0.1, 0.15) is 0 Å². The van der Waals surface area contributed by atoms with Crippen molar-refractivity contribution in [1.82, 2.24) is 9.55 Å². The summed E-state index contributed by atoms with van der Waals surface area (Å²) in [5.41, 5.74) is 9.96. The highest BCUT2D eigenvalue weighted by atomic mass is 15.0. The first kappa shape index (κ1) is 21.0. The summed E-state index contributed by atoms with van der Waals surface area (Å²) in [5.74, 6) is 0.539. The van der Waals surface area contributed by atoms with Crippen LogP contribution < -0.4 is 0 Å². The predicted molar refractivity (Wildman–Crippen MR) is 154 cm³/mol. The van der Waals surface area contributed by atoms with Crippen LogP contribution in [0, 0.1) is 0 Å². The van der Waals surface area contributed by atoms with Crippen molar-refractivity contribution in [3.63, 3.8) is 0 Å². The van der Waals surface area contributed by atoms with Crippen molar-refractivity contribution >= 4 is 43.6 Å². The van der Waals surface area contributed by atoms with Gasteiger partial charge < -0.3 is 9.55 Å². The van der Waals surface area contributed by atoms with Crippen LogP contribution in [0.4, 0.5) is 0 Å². The molecule has 0 spiro atoms. The van der Waals surface area contributed by atoms with Gasteiger partial charge in [-0.2, -0.15) is 0 Å². The summed E-state index contributed by atoms with van der Waals surface area (Å²) in [6.07, 6.45) is 1.14. The van der Waals surface area contributed by atoms with Crippen LogP contribution in [-0.2, 0) is 0 Å². The van der Waals surface area contributed by atoms with E-state index in [-0.39, 0.29) is 0 Å². The monoisotopic (exact) mass is 464 g/mol. The molecule has 5 aromatic carbocycles. The molecular weight excluding hydrogens is 436 g/mol. The summed E-state index contributed by atoms with van der Waals surface area (Å²) in [7, 11) is 0. The topological polar surface area (TPSA) is 20.7 Å². The summed E-state index contributed by atoms with van der Waals surface area (Å²) in [6, 6.07) is 40.0. The van der Waals surface area contributed by atoms with Crippen molar-refractivity contribution in [1.29, 1.82) is 0 Å². The molecule has 2 heteroatoms. The summed E-state index contributed by atoms with van der Waals surface area (Å²) < 4.78 is 2.40. The lowest BCUT2D eigenvalue weighted by molar-refractivity contribution is 0.735. The predicted octanol–water partition coefficient (Wildman–Crippen LogP) is 9.60. The van der Waals surface area contributed by atoms with E-state index >= 15 is 0 Å². The highest BCUT2D eigenvalue weighted by molar-refractivity contribution is 6.12. The van der Waals surface area contributed by atoms with Crippen molar-refractivity contribution in [3.05, 3.63) is 115 Å². The number of H-pyrrole nitrogens is 1. The summed E-state index contributed by atoms with van der Waals surface area (Å²) in [6.45, 7) is 4.58. The van der Waals surface area contributed by atoms with E-state index in [0.717, 1.165) is 6.42 Å². The fraction of sp³-hybridized carbons (Fsp3) is 0.118. The minimum Gasteiger partial charge on any atom is -0.355 e. The molecule has 36 heavy (non-hydrogen) atoms. The zero-order valence-electron chi connectivity index (χ0n) is 20.6. The fourth-order valence-corrected chi connectivity index (χ4v) is 5.65. The molecule has 0 aliphatic heterocycles. The Labute approximate surface area is 210 Å². The molecule has 0 amide bonds. The molecule has 1 N–H and O–H groups in total. The smallest absolute Gasteiger partial charge is 0.0541 e. The molecule has 1 unspecified atom stereocenters. The molecule has 0 radical (unpaired) electrons. The molecule has 2 nitrogen and oxygen atoms in total. The van der Waals surface area contributed by atoms with Crippen LogP contribution in [0.15, 0.2) is 109 Å². The second kappa shape index (κ2) is 8.13. The molecule has 174 valence electrons. The number of para-hydroxylation sites is 2. The van der Waals surface area contributed by atoms with Gasteiger partial charge in [0.2, 0.25) is 0 Å². The first-order valence-electron chi connectivity index (χ1n) is 12.9. The normalized spacial score (nSPS) is 12.7. The zero-order valence-corrected chi connectivity index (χ0v) is 20.6. The first-order chi connectivity index (χ1) is 17.7. The highest BCUT2D eigenvalue weighted by Gasteiger charge is 2.15. The number of rotatable bonds is 4. The SMILES string of the molecule is CCC(C)c1ccc2c(c1)c1cc(-c3ccc4[nH]c5ccccc5c4c3)ccc1n2-c1ccccc1. The number of hydrogen-bond donors (Lipinski definition) is 1. The maximum Gasteiger partial charge on any atom is 0.0541 e. The first-order valence-corrected chi connectivity index (χ1v) is 12.9. The van der Waals surface area contributed by atoms with Crippen LogP contribution in [0.1, 0.15) is 31.7 Å². The number of nitrogens with one attached hydrogen (secondary N) is 1. The standard InChI is InChI=1S/C34H28N2/c1-3-22(2)23-14-17-33-29(19-23)30-21-25(15-18-34(30)36(33)26-9-5-4-6-10-26)24-13-16-32-28(20-24)27-11-7-8-12-31(27)35-32/h4-22,35H,3H2,1-2H3. The van der Waals surface area contributed by atoms with Gasteiger partial charge in [-0.15, -0.1) is 0 Å². The average molecular weight is 465 g/mol. The molecule has 2 aromatic heterocycles. The van der Waals surface area contributed by atoms with Crippen molar-refractivity contribution in [2.75, 3.05) is 0 Å². The summed E-state index contributed by atoms with van der Waals surface area (Å²) in [4.78, 5) is 3.55. The Kier molecular flexibility index (Phi) is 4.75. The van der Waals surface area contributed by atoms with E-state index in [4.69, 9.17) is 0 Å². The van der Waals surface area contributed by atoms with Crippen LogP contribution in [0.3, 0.4) is 0 Å². The van der Waals surface area contributed by atoms with E-state index in [0.29, 0.717) is 5.92 Å². The lowest BCUT2D eigenvalue weighted by atomic mass is 9.96. The van der Waals surface area contributed by atoms with E-state index in [2.05, 4.69) is 133 Å². The van der Waals surface area contributed by atoms with Gasteiger partial charge in [0.05, 0.1) is 11.0 Å². The average Bonchev–Trinajstić information content (AvgIpc) is 3.47. The Morgan fingerprint density at radius 3 is 2.06 bits per heavy atom. The Balaban J connectivity index is 1.49. The van der Waals surface area contributed by atoms with E-state index in [1.807, 2.05) is 0 Å². The summed E-state index contributed by atoms with van der Waals surface area (Å²) in [5, 5.41) is 5.17. The van der Waals surface area contributed by atoms with Gasteiger partial charge in [0, 0.05) is 38.3 Å². The number of nitrogens with zero attached hydrogens (tertiary/aromatic N) is 1. The Morgan fingerprint density at radius 2 is 1.25 bits per heavy atom. The van der Waals surface area contributed by atoms with Crippen LogP contribution >= 0.6 is 0 Å². The van der Waals surface area contributed by atoms with Crippen LogP contribution in [0.5, 0.6) is 0 Å². The molecule has 0 fully saturated rings. The maximum absolute atomic E-state index is 3.55. The van der Waals surface area contributed by atoms with Crippen LogP contribution in [-0.4, -0.2) is 9.55 Å². The molecule has 0 bridgehead atoms. The third-order valence-electron chi connectivity index (χ3n) is 7.82. The van der Waals surface area contributed by atoms with E-state index < -0.39 is 0 Å². The van der Waals surface area contributed by atoms with Gasteiger partial charge in [-0.3, -0.25) is 0 Å². The largest absolute Gasteiger partial charge is 0.355 e. The lowest BCUT2D eigenvalue weighted by Crippen LogP contribution is -1.94. The Morgan fingerprint density at radius 1 is 0.611 bits per heavy atom. The van der Waals surface area contributed by atoms with Crippen molar-refractivity contribution in [2.45, 2.75) is 26.2 Å². The van der Waals surface area contributed by atoms with Gasteiger partial charge in [0.25, 0.3) is 0 Å². The molecule has 0 saturated carbocycles. The number of benzene rings is 5. The molecule has 7 aromatic rings. The van der Waals surface area contributed by atoms with Gasteiger partial charge in [-0.1, -0.05) is 68.4 Å². The minimum atomic E-state index is 0.539. The molecule has 0 aliphatic rings. The summed E-state index contributed by atoms with van der Waals surface area (Å²) >= 11 is 0. The van der Waals surface area contributed by atoms with Crippen LogP contribution in [0.2, 0.25) is 0 Å². The lowest BCUT2D eigenvalue weighted by Gasteiger charge is -2.10. The number of aromatic nitrogens is 2. The zero-order chi connectivity index (χ0) is 24.2. The second-order valence-corrected chi connectivity index (χ2v) is 9.92. The van der Waals surface area contributed by atoms with Gasteiger partial charge in [-0.05, 0) is 83.6 Å². The molecule has 7 rings (SSSR count). The minimum absolute atomic E-state index is 0.539. The quantitative estimate of drug-likeness (QED) is 0.268. The van der Waals surface area contributed by atoms with E-state index in [9.17, 15) is 0 Å². The fourth-order valence-electron chi connectivity index (χ4n) is 5.65. The molecule has 0 saturated heterocycles. The van der Waals surface area contributed by atoms with Crippen LogP contribution in [0.25, 0.3) is 60.4 Å². The number of hydrogen-bond acceptors (Lipinski definition) is 0. The molecule has 2 heterocycles. The van der Waals surface area contributed by atoms with Gasteiger partial charge in [-0.25, -0.2) is 0 Å². The van der Waals surface area contributed by atoms with E-state index in [1.54, 1.807) is 0 Å². The number of aromatic amines is 1. The maximum atomic E-state index is 3.55. The third kappa shape index (κ3) is 3.18. The number of fused-ring (bicyclic) bond motifs is 6. The Hall–Kier alpha value is -4.30. The van der Waals surface area contributed by atoms with Gasteiger partial charge in [0.15, 0.2) is 0 Å². The molecular formula is C34H28N2. The van der Waals surface area contributed by atoms with Crippen molar-refractivity contribution in [2.24, 2.45) is 0 Å². The van der Waals surface area contributed by atoms with Crippen molar-refractivity contribution in [3.8, 4) is 16.8 Å². The van der Waals surface area contributed by atoms with Gasteiger partial charge >= 0.3 is 0 Å². The van der Waals surface area contributed by atoms with Crippen molar-refractivity contribution < 1.29 is 0 Å². The third-order valence-corrected chi connectivity index (χ3v) is 7.82. The molecule has 0 aliphatic carbocycles. The Bertz CT molecular complexity index is 1890. The molecule has 1 atom stereocenters.